The first-order chi connectivity index (χ1) is 11.2. The summed E-state index contributed by atoms with van der Waals surface area (Å²) in [7, 11) is 0. The molecule has 1 atom stereocenters. The summed E-state index contributed by atoms with van der Waals surface area (Å²) in [5.41, 5.74) is 0.996. The number of para-hydroxylation sites is 2. The van der Waals surface area contributed by atoms with E-state index in [2.05, 4.69) is 12.2 Å². The van der Waals surface area contributed by atoms with E-state index in [1.165, 1.54) is 0 Å². The third-order valence-electron chi connectivity index (χ3n) is 3.37. The number of halogens is 1. The van der Waals surface area contributed by atoms with Crippen LogP contribution in [0.5, 0.6) is 11.5 Å². The third kappa shape index (κ3) is 6.03. The zero-order valence-corrected chi connectivity index (χ0v) is 14.5. The van der Waals surface area contributed by atoms with Crippen molar-refractivity contribution in [3.8, 4) is 11.5 Å². The Bertz CT molecular complexity index is 586. The molecule has 0 spiro atoms. The average molecular weight is 334 g/mol. The predicted molar refractivity (Wildman–Crippen MR) is 96.9 cm³/mol. The summed E-state index contributed by atoms with van der Waals surface area (Å²) in [6.07, 6.45) is 2.21. The summed E-state index contributed by atoms with van der Waals surface area (Å²) in [5.74, 6) is 1.70. The maximum absolute atomic E-state index is 5.88. The highest BCUT2D eigenvalue weighted by molar-refractivity contribution is 6.30. The van der Waals surface area contributed by atoms with E-state index in [1.54, 1.807) is 0 Å². The van der Waals surface area contributed by atoms with Gasteiger partial charge in [-0.15, -0.1) is 0 Å². The van der Waals surface area contributed by atoms with Crippen molar-refractivity contribution in [2.45, 2.75) is 32.8 Å². The van der Waals surface area contributed by atoms with Crippen LogP contribution in [0.15, 0.2) is 48.5 Å². The van der Waals surface area contributed by atoms with Crippen molar-refractivity contribution in [2.24, 2.45) is 0 Å². The summed E-state index contributed by atoms with van der Waals surface area (Å²) < 4.78 is 11.7. The maximum atomic E-state index is 5.88. The number of rotatable bonds is 9. The molecule has 0 fully saturated rings. The fraction of sp³-hybridized carbons (Fsp3) is 0.368. The van der Waals surface area contributed by atoms with Crippen LogP contribution >= 0.6 is 11.6 Å². The molecule has 0 aliphatic heterocycles. The van der Waals surface area contributed by atoms with E-state index in [1.807, 2.05) is 55.5 Å². The maximum Gasteiger partial charge on any atom is 0.142 e. The number of nitrogens with one attached hydrogen (secondary N) is 1. The van der Waals surface area contributed by atoms with E-state index in [-0.39, 0.29) is 6.10 Å². The molecule has 0 aliphatic carbocycles. The van der Waals surface area contributed by atoms with Gasteiger partial charge < -0.3 is 14.8 Å². The van der Waals surface area contributed by atoms with Gasteiger partial charge in [0.15, 0.2) is 0 Å². The Balaban J connectivity index is 1.86. The van der Waals surface area contributed by atoms with Crippen molar-refractivity contribution >= 4 is 17.3 Å². The van der Waals surface area contributed by atoms with Gasteiger partial charge in [0.05, 0.1) is 18.8 Å². The molecule has 1 unspecified atom stereocenters. The van der Waals surface area contributed by atoms with Crippen molar-refractivity contribution in [1.82, 2.24) is 0 Å². The average Bonchev–Trinajstić information content (AvgIpc) is 2.56. The first-order valence-corrected chi connectivity index (χ1v) is 8.44. The lowest BCUT2D eigenvalue weighted by Crippen LogP contribution is -2.22. The van der Waals surface area contributed by atoms with Crippen LogP contribution in [-0.4, -0.2) is 19.3 Å². The highest BCUT2D eigenvalue weighted by Crippen LogP contribution is 2.24. The second kappa shape index (κ2) is 9.31. The molecule has 0 amide bonds. The van der Waals surface area contributed by atoms with Gasteiger partial charge in [-0.1, -0.05) is 37.1 Å². The molecule has 0 aromatic heterocycles. The smallest absolute Gasteiger partial charge is 0.142 e. The largest absolute Gasteiger partial charge is 0.491 e. The van der Waals surface area contributed by atoms with E-state index < -0.39 is 0 Å². The Morgan fingerprint density at radius 3 is 2.57 bits per heavy atom. The molecule has 124 valence electrons. The minimum Gasteiger partial charge on any atom is -0.491 e. The first-order valence-electron chi connectivity index (χ1n) is 8.07. The molecular formula is C19H24ClNO2. The number of anilines is 1. The van der Waals surface area contributed by atoms with Gasteiger partial charge in [0.2, 0.25) is 0 Å². The second-order valence-electron chi connectivity index (χ2n) is 5.46. The standard InChI is InChI=1S/C19H24ClNO2/c1-3-4-13-22-19-8-6-5-7-18(19)21-14-15(2)23-17-11-9-16(20)10-12-17/h5-12,15,21H,3-4,13-14H2,1-2H3. The Morgan fingerprint density at radius 2 is 1.83 bits per heavy atom. The third-order valence-corrected chi connectivity index (χ3v) is 3.63. The monoisotopic (exact) mass is 333 g/mol. The van der Waals surface area contributed by atoms with Gasteiger partial charge in [0, 0.05) is 5.02 Å². The van der Waals surface area contributed by atoms with E-state index in [9.17, 15) is 0 Å². The van der Waals surface area contributed by atoms with E-state index in [4.69, 9.17) is 21.1 Å². The van der Waals surface area contributed by atoms with Gasteiger partial charge in [0.1, 0.15) is 17.6 Å². The van der Waals surface area contributed by atoms with E-state index in [0.29, 0.717) is 11.6 Å². The SMILES string of the molecule is CCCCOc1ccccc1NCC(C)Oc1ccc(Cl)cc1. The van der Waals surface area contributed by atoms with Crippen molar-refractivity contribution in [1.29, 1.82) is 0 Å². The molecule has 3 nitrogen and oxygen atoms in total. The molecule has 0 bridgehead atoms. The molecule has 0 saturated carbocycles. The number of hydrogen-bond donors (Lipinski definition) is 1. The second-order valence-corrected chi connectivity index (χ2v) is 5.90. The van der Waals surface area contributed by atoms with Crippen molar-refractivity contribution < 1.29 is 9.47 Å². The molecule has 0 saturated heterocycles. The van der Waals surface area contributed by atoms with Gasteiger partial charge in [0.25, 0.3) is 0 Å². The molecule has 23 heavy (non-hydrogen) atoms. The molecule has 0 heterocycles. The molecule has 2 rings (SSSR count). The van der Waals surface area contributed by atoms with Crippen molar-refractivity contribution in [3.63, 3.8) is 0 Å². The van der Waals surface area contributed by atoms with Crippen LogP contribution in [-0.2, 0) is 0 Å². The molecule has 2 aromatic rings. The lowest BCUT2D eigenvalue weighted by atomic mass is 10.2. The Morgan fingerprint density at radius 1 is 1.09 bits per heavy atom. The molecule has 0 radical (unpaired) electrons. The van der Waals surface area contributed by atoms with E-state index >= 15 is 0 Å². The topological polar surface area (TPSA) is 30.5 Å². The zero-order valence-electron chi connectivity index (χ0n) is 13.7. The number of unbranched alkanes of at least 4 members (excludes halogenated alkanes) is 1. The summed E-state index contributed by atoms with van der Waals surface area (Å²) in [6, 6.07) is 15.4. The van der Waals surface area contributed by atoms with Crippen LogP contribution < -0.4 is 14.8 Å². The lowest BCUT2D eigenvalue weighted by Gasteiger charge is -2.18. The van der Waals surface area contributed by atoms with Crippen LogP contribution in [0.3, 0.4) is 0 Å². The van der Waals surface area contributed by atoms with Crippen LogP contribution in [0.4, 0.5) is 5.69 Å². The number of benzene rings is 2. The van der Waals surface area contributed by atoms with Crippen LogP contribution in [0.1, 0.15) is 26.7 Å². The van der Waals surface area contributed by atoms with E-state index in [0.717, 1.165) is 36.6 Å². The minimum atomic E-state index is 0.0277. The van der Waals surface area contributed by atoms with Gasteiger partial charge in [-0.3, -0.25) is 0 Å². The quantitative estimate of drug-likeness (QED) is 0.623. The van der Waals surface area contributed by atoms with Gasteiger partial charge in [-0.2, -0.15) is 0 Å². The predicted octanol–water partition coefficient (Wildman–Crippen LogP) is 5.40. The van der Waals surface area contributed by atoms with Crippen LogP contribution in [0.25, 0.3) is 0 Å². The summed E-state index contributed by atoms with van der Waals surface area (Å²) in [6.45, 7) is 5.62. The van der Waals surface area contributed by atoms with Gasteiger partial charge in [-0.25, -0.2) is 0 Å². The Labute approximate surface area is 143 Å². The molecular weight excluding hydrogens is 310 g/mol. The molecule has 2 aromatic carbocycles. The molecule has 1 N–H and O–H groups in total. The van der Waals surface area contributed by atoms with Gasteiger partial charge >= 0.3 is 0 Å². The minimum absolute atomic E-state index is 0.0277. The first kappa shape index (κ1) is 17.5. The zero-order chi connectivity index (χ0) is 16.5. The Hall–Kier alpha value is -1.87. The normalized spacial score (nSPS) is 11.8. The molecule has 0 aliphatic rings. The van der Waals surface area contributed by atoms with Gasteiger partial charge in [-0.05, 0) is 49.7 Å². The fourth-order valence-corrected chi connectivity index (χ4v) is 2.23. The fourth-order valence-electron chi connectivity index (χ4n) is 2.11. The lowest BCUT2D eigenvalue weighted by molar-refractivity contribution is 0.234. The highest BCUT2D eigenvalue weighted by atomic mass is 35.5. The number of ether oxygens (including phenoxy) is 2. The van der Waals surface area contributed by atoms with Crippen molar-refractivity contribution in [2.75, 3.05) is 18.5 Å². The summed E-state index contributed by atoms with van der Waals surface area (Å²) in [4.78, 5) is 0. The van der Waals surface area contributed by atoms with Crippen LogP contribution in [0, 0.1) is 0 Å². The summed E-state index contributed by atoms with van der Waals surface area (Å²) in [5, 5.41) is 4.11. The Kier molecular flexibility index (Phi) is 7.08. The molecule has 4 heteroatoms. The summed E-state index contributed by atoms with van der Waals surface area (Å²) >= 11 is 5.88. The number of hydrogen-bond acceptors (Lipinski definition) is 3. The van der Waals surface area contributed by atoms with Crippen molar-refractivity contribution in [3.05, 3.63) is 53.6 Å². The highest BCUT2D eigenvalue weighted by Gasteiger charge is 2.07. The van der Waals surface area contributed by atoms with Crippen LogP contribution in [0.2, 0.25) is 5.02 Å².